The summed E-state index contributed by atoms with van der Waals surface area (Å²) in [4.78, 5) is 20.1. The molecule has 0 spiro atoms. The lowest BCUT2D eigenvalue weighted by Crippen LogP contribution is -2.21. The second-order valence-corrected chi connectivity index (χ2v) is 6.28. The van der Waals surface area contributed by atoms with Gasteiger partial charge in [-0.3, -0.25) is 9.13 Å². The van der Waals surface area contributed by atoms with Crippen LogP contribution in [0.3, 0.4) is 0 Å². The van der Waals surface area contributed by atoms with Gasteiger partial charge in [-0.1, -0.05) is 29.8 Å². The molecule has 0 fully saturated rings. The van der Waals surface area contributed by atoms with Gasteiger partial charge in [0.25, 0.3) is 0 Å². The molecule has 0 unspecified atom stereocenters. The second-order valence-electron chi connectivity index (χ2n) is 6.28. The van der Waals surface area contributed by atoms with Crippen molar-refractivity contribution >= 4 is 11.0 Å². The molecular weight excluding hydrogens is 312 g/mol. The number of rotatable bonds is 3. The molecule has 0 saturated heterocycles. The van der Waals surface area contributed by atoms with Gasteiger partial charge in [-0.05, 0) is 32.0 Å². The third kappa shape index (κ3) is 2.39. The first-order chi connectivity index (χ1) is 12.1. The fourth-order valence-corrected chi connectivity index (χ4v) is 3.40. The third-order valence-electron chi connectivity index (χ3n) is 4.68. The summed E-state index contributed by atoms with van der Waals surface area (Å²) in [5.74, 6) is 0. The Morgan fingerprint density at radius 2 is 1.92 bits per heavy atom. The molecule has 126 valence electrons. The maximum absolute atomic E-state index is 12.3. The van der Waals surface area contributed by atoms with Crippen LogP contribution in [-0.4, -0.2) is 19.1 Å². The predicted octanol–water partition coefficient (Wildman–Crippen LogP) is 3.73. The summed E-state index contributed by atoms with van der Waals surface area (Å²) in [6.45, 7) is 4.71. The van der Waals surface area contributed by atoms with E-state index in [4.69, 9.17) is 0 Å². The van der Waals surface area contributed by atoms with Crippen LogP contribution in [0.25, 0.3) is 33.5 Å². The van der Waals surface area contributed by atoms with Crippen molar-refractivity contribution < 1.29 is 0 Å². The molecule has 0 saturated carbocycles. The smallest absolute Gasteiger partial charge is 0.328 e. The number of aryl methyl sites for hydroxylation is 3. The number of nitrogens with one attached hydrogen (secondary N) is 1. The Hall–Kier alpha value is -3.08. The van der Waals surface area contributed by atoms with Crippen molar-refractivity contribution in [2.24, 2.45) is 7.05 Å². The minimum atomic E-state index is 0.0122. The van der Waals surface area contributed by atoms with Crippen LogP contribution in [0.2, 0.25) is 0 Å². The molecule has 5 nitrogen and oxygen atoms in total. The van der Waals surface area contributed by atoms with Gasteiger partial charge in [0, 0.05) is 24.7 Å². The zero-order valence-electron chi connectivity index (χ0n) is 14.6. The number of aromatic amines is 1. The summed E-state index contributed by atoms with van der Waals surface area (Å²) in [6.07, 6.45) is 1.72. The first-order valence-corrected chi connectivity index (χ1v) is 8.40. The van der Waals surface area contributed by atoms with E-state index in [9.17, 15) is 4.79 Å². The van der Waals surface area contributed by atoms with E-state index in [0.29, 0.717) is 6.54 Å². The maximum atomic E-state index is 12.3. The first-order valence-electron chi connectivity index (χ1n) is 8.40. The molecule has 25 heavy (non-hydrogen) atoms. The highest BCUT2D eigenvalue weighted by Gasteiger charge is 2.14. The summed E-state index contributed by atoms with van der Waals surface area (Å²) < 4.78 is 3.48. The van der Waals surface area contributed by atoms with Gasteiger partial charge in [0.15, 0.2) is 0 Å². The third-order valence-corrected chi connectivity index (χ3v) is 4.68. The summed E-state index contributed by atoms with van der Waals surface area (Å²) in [5, 5.41) is 0. The van der Waals surface area contributed by atoms with Gasteiger partial charge in [-0.2, -0.15) is 0 Å². The number of H-pyrrole nitrogens is 1. The normalized spacial score (nSPS) is 11.3. The van der Waals surface area contributed by atoms with Crippen LogP contribution in [0, 0.1) is 6.92 Å². The Kier molecular flexibility index (Phi) is 3.57. The van der Waals surface area contributed by atoms with Gasteiger partial charge in [0.05, 0.1) is 28.7 Å². The van der Waals surface area contributed by atoms with Crippen LogP contribution in [-0.2, 0) is 13.6 Å². The molecule has 2 aromatic heterocycles. The van der Waals surface area contributed by atoms with Crippen LogP contribution in [0.1, 0.15) is 12.5 Å². The van der Waals surface area contributed by atoms with Crippen molar-refractivity contribution in [3.63, 3.8) is 0 Å². The van der Waals surface area contributed by atoms with Gasteiger partial charge >= 0.3 is 5.69 Å². The average molecular weight is 332 g/mol. The molecule has 4 aromatic rings. The number of aromatic nitrogens is 4. The van der Waals surface area contributed by atoms with Crippen molar-refractivity contribution in [2.75, 3.05) is 0 Å². The molecule has 5 heteroatoms. The molecule has 0 bridgehead atoms. The lowest BCUT2D eigenvalue weighted by Gasteiger charge is -2.06. The average Bonchev–Trinajstić information content (AvgIpc) is 3.19. The summed E-state index contributed by atoms with van der Waals surface area (Å²) >= 11 is 0. The zero-order chi connectivity index (χ0) is 17.6. The maximum Gasteiger partial charge on any atom is 0.328 e. The number of hydrogen-bond acceptors (Lipinski definition) is 2. The standard InChI is InChI=1S/C20H20N4O/c1-4-24-17-11-15(8-9-16(17)23(3)20(24)25)19-18(21-12-22-19)14-7-5-6-13(2)10-14/h5-12H,4H2,1-3H3,(H,21,22). The van der Waals surface area contributed by atoms with E-state index in [-0.39, 0.29) is 5.69 Å². The van der Waals surface area contributed by atoms with Crippen molar-refractivity contribution in [3.05, 3.63) is 64.8 Å². The van der Waals surface area contributed by atoms with Gasteiger partial charge in [-0.15, -0.1) is 0 Å². The number of hydrogen-bond donors (Lipinski definition) is 1. The summed E-state index contributed by atoms with van der Waals surface area (Å²) in [7, 11) is 1.81. The molecule has 0 atom stereocenters. The van der Waals surface area contributed by atoms with E-state index in [1.54, 1.807) is 15.5 Å². The Balaban J connectivity index is 1.92. The van der Waals surface area contributed by atoms with Gasteiger partial charge in [0.2, 0.25) is 0 Å². The predicted molar refractivity (Wildman–Crippen MR) is 101 cm³/mol. The van der Waals surface area contributed by atoms with E-state index in [1.165, 1.54) is 5.56 Å². The number of imidazole rings is 2. The minimum Gasteiger partial charge on any atom is -0.344 e. The summed E-state index contributed by atoms with van der Waals surface area (Å²) in [6, 6.07) is 14.4. The largest absolute Gasteiger partial charge is 0.344 e. The molecule has 0 amide bonds. The van der Waals surface area contributed by atoms with Crippen molar-refractivity contribution in [1.82, 2.24) is 19.1 Å². The Bertz CT molecular complexity index is 1130. The zero-order valence-corrected chi connectivity index (χ0v) is 14.6. The molecule has 0 radical (unpaired) electrons. The van der Waals surface area contributed by atoms with Crippen LogP contribution < -0.4 is 5.69 Å². The quantitative estimate of drug-likeness (QED) is 0.621. The van der Waals surface area contributed by atoms with Crippen LogP contribution in [0.4, 0.5) is 0 Å². The molecule has 2 heterocycles. The fourth-order valence-electron chi connectivity index (χ4n) is 3.40. The number of nitrogens with zero attached hydrogens (tertiary/aromatic N) is 3. The van der Waals surface area contributed by atoms with E-state index < -0.39 is 0 Å². The first kappa shape index (κ1) is 15.4. The van der Waals surface area contributed by atoms with E-state index in [2.05, 4.69) is 41.2 Å². The van der Waals surface area contributed by atoms with Crippen molar-refractivity contribution in [3.8, 4) is 22.5 Å². The highest BCUT2D eigenvalue weighted by molar-refractivity contribution is 5.86. The second kappa shape index (κ2) is 5.77. The molecule has 2 aromatic carbocycles. The van der Waals surface area contributed by atoms with Crippen molar-refractivity contribution in [2.45, 2.75) is 20.4 Å². The molecule has 0 aliphatic heterocycles. The Morgan fingerprint density at radius 1 is 1.08 bits per heavy atom. The Labute approximate surface area is 145 Å². The Morgan fingerprint density at radius 3 is 2.68 bits per heavy atom. The number of fused-ring (bicyclic) bond motifs is 1. The minimum absolute atomic E-state index is 0.0122. The van der Waals surface area contributed by atoms with Crippen LogP contribution in [0.15, 0.2) is 53.6 Å². The highest BCUT2D eigenvalue weighted by atomic mass is 16.1. The van der Waals surface area contributed by atoms with Gasteiger partial charge in [0.1, 0.15) is 0 Å². The van der Waals surface area contributed by atoms with E-state index in [1.807, 2.05) is 32.2 Å². The number of benzene rings is 2. The van der Waals surface area contributed by atoms with Gasteiger partial charge in [-0.25, -0.2) is 9.78 Å². The van der Waals surface area contributed by atoms with E-state index in [0.717, 1.165) is 33.5 Å². The SMILES string of the molecule is CCn1c(=O)n(C)c2ccc(-c3[nH]cnc3-c3cccc(C)c3)cc21. The molecular formula is C20H20N4O. The lowest BCUT2D eigenvalue weighted by molar-refractivity contribution is 0.712. The lowest BCUT2D eigenvalue weighted by atomic mass is 10.0. The van der Waals surface area contributed by atoms with E-state index >= 15 is 0 Å². The van der Waals surface area contributed by atoms with Crippen LogP contribution in [0.5, 0.6) is 0 Å². The van der Waals surface area contributed by atoms with Gasteiger partial charge < -0.3 is 4.98 Å². The molecule has 0 aliphatic rings. The fraction of sp³-hybridized carbons (Fsp3) is 0.200. The van der Waals surface area contributed by atoms with Crippen molar-refractivity contribution in [1.29, 1.82) is 0 Å². The highest BCUT2D eigenvalue weighted by Crippen LogP contribution is 2.31. The topological polar surface area (TPSA) is 55.6 Å². The van der Waals surface area contributed by atoms with Crippen LogP contribution >= 0.6 is 0 Å². The monoisotopic (exact) mass is 332 g/mol. The molecule has 0 aliphatic carbocycles. The molecule has 4 rings (SSSR count). The molecule has 1 N–H and O–H groups in total. The summed E-state index contributed by atoms with van der Waals surface area (Å²) in [5.41, 5.74) is 7.08.